The molecule has 2 aliphatic heterocycles. The maximum absolute atomic E-state index is 12.0. The molecule has 1 atom stereocenters. The molecule has 0 radical (unpaired) electrons. The van der Waals surface area contributed by atoms with Gasteiger partial charge in [0.05, 0.1) is 12.5 Å². The number of rotatable bonds is 5. The zero-order valence-corrected chi connectivity index (χ0v) is 15.2. The van der Waals surface area contributed by atoms with Crippen LogP contribution in [0.1, 0.15) is 50.5 Å². The first-order valence-electron chi connectivity index (χ1n) is 9.41. The summed E-state index contributed by atoms with van der Waals surface area (Å²) in [4.78, 5) is 37.2. The Kier molecular flexibility index (Phi) is 5.91. The summed E-state index contributed by atoms with van der Waals surface area (Å²) in [7, 11) is 0. The second-order valence-electron chi connectivity index (χ2n) is 7.03. The molecule has 2 saturated heterocycles. The number of amides is 2. The predicted octanol–water partition coefficient (Wildman–Crippen LogP) is 2.38. The fourth-order valence-electron chi connectivity index (χ4n) is 3.78. The van der Waals surface area contributed by atoms with Crippen LogP contribution in [0.2, 0.25) is 0 Å². The number of carbonyl (C=O) groups excluding carboxylic acids is 3. The zero-order chi connectivity index (χ0) is 18.5. The number of ether oxygens (including phenoxy) is 1. The monoisotopic (exact) mass is 358 g/mol. The fraction of sp³-hybridized carbons (Fsp3) is 0.550. The van der Waals surface area contributed by atoms with E-state index in [2.05, 4.69) is 10.2 Å². The molecule has 26 heavy (non-hydrogen) atoms. The van der Waals surface area contributed by atoms with E-state index in [-0.39, 0.29) is 23.7 Å². The Morgan fingerprint density at radius 3 is 2.46 bits per heavy atom. The number of piperidine rings is 2. The maximum Gasteiger partial charge on any atom is 0.306 e. The molecule has 1 aromatic carbocycles. The third-order valence-electron chi connectivity index (χ3n) is 5.27. The van der Waals surface area contributed by atoms with E-state index >= 15 is 0 Å². The second-order valence-corrected chi connectivity index (χ2v) is 7.03. The highest BCUT2D eigenvalue weighted by atomic mass is 16.5. The van der Waals surface area contributed by atoms with Crippen LogP contribution in [-0.4, -0.2) is 37.5 Å². The van der Waals surface area contributed by atoms with Gasteiger partial charge in [-0.05, 0) is 49.8 Å². The second kappa shape index (κ2) is 8.34. The van der Waals surface area contributed by atoms with Gasteiger partial charge in [-0.15, -0.1) is 0 Å². The van der Waals surface area contributed by atoms with Crippen molar-refractivity contribution < 1.29 is 19.1 Å². The van der Waals surface area contributed by atoms with Crippen LogP contribution in [0.3, 0.4) is 0 Å². The fourth-order valence-corrected chi connectivity index (χ4v) is 3.78. The number of anilines is 1. The van der Waals surface area contributed by atoms with Crippen LogP contribution in [-0.2, 0) is 19.1 Å². The Balaban J connectivity index is 1.54. The van der Waals surface area contributed by atoms with Gasteiger partial charge in [0.1, 0.15) is 0 Å². The van der Waals surface area contributed by atoms with Crippen molar-refractivity contribution >= 4 is 23.5 Å². The minimum absolute atomic E-state index is 0.0976. The quantitative estimate of drug-likeness (QED) is 0.646. The molecule has 1 unspecified atom stereocenters. The van der Waals surface area contributed by atoms with Crippen molar-refractivity contribution in [3.63, 3.8) is 0 Å². The molecule has 2 heterocycles. The van der Waals surface area contributed by atoms with E-state index in [9.17, 15) is 14.4 Å². The van der Waals surface area contributed by atoms with Crippen molar-refractivity contribution in [3.8, 4) is 0 Å². The summed E-state index contributed by atoms with van der Waals surface area (Å²) in [6.45, 7) is 4.11. The number of carbonyl (C=O) groups is 3. The van der Waals surface area contributed by atoms with Crippen molar-refractivity contribution in [2.24, 2.45) is 5.92 Å². The topological polar surface area (TPSA) is 75.7 Å². The normalized spacial score (nSPS) is 21.4. The van der Waals surface area contributed by atoms with E-state index in [0.717, 1.165) is 37.2 Å². The lowest BCUT2D eigenvalue weighted by Crippen LogP contribution is -2.39. The SMILES string of the molecule is CCOC(=O)CC1CCN(c2ccc(C3CCC(=O)NC3=O)cc2)CC1. The molecular formula is C20H26N2O4. The van der Waals surface area contributed by atoms with E-state index in [1.165, 1.54) is 0 Å². The van der Waals surface area contributed by atoms with Crippen LogP contribution >= 0.6 is 0 Å². The molecule has 2 aliphatic rings. The lowest BCUT2D eigenvalue weighted by atomic mass is 9.90. The number of hydrogen-bond donors (Lipinski definition) is 1. The Morgan fingerprint density at radius 1 is 1.15 bits per heavy atom. The van der Waals surface area contributed by atoms with Crippen molar-refractivity contribution in [3.05, 3.63) is 29.8 Å². The molecule has 0 aromatic heterocycles. The molecule has 6 heteroatoms. The highest BCUT2D eigenvalue weighted by Crippen LogP contribution is 2.29. The summed E-state index contributed by atoms with van der Waals surface area (Å²) in [5.41, 5.74) is 2.09. The van der Waals surface area contributed by atoms with Crippen molar-refractivity contribution in [2.45, 2.75) is 44.9 Å². The van der Waals surface area contributed by atoms with Crippen LogP contribution in [0.5, 0.6) is 0 Å². The molecule has 140 valence electrons. The molecule has 3 rings (SSSR count). The van der Waals surface area contributed by atoms with Gasteiger partial charge in [0.15, 0.2) is 0 Å². The molecule has 1 aromatic rings. The summed E-state index contributed by atoms with van der Waals surface area (Å²) in [5.74, 6) is -0.327. The summed E-state index contributed by atoms with van der Waals surface area (Å²) < 4.78 is 5.04. The average Bonchev–Trinajstić information content (AvgIpc) is 2.63. The lowest BCUT2D eigenvalue weighted by Gasteiger charge is -2.33. The van der Waals surface area contributed by atoms with Crippen LogP contribution < -0.4 is 10.2 Å². The predicted molar refractivity (Wildman–Crippen MR) is 97.8 cm³/mol. The molecule has 6 nitrogen and oxygen atoms in total. The Hall–Kier alpha value is -2.37. The first kappa shape index (κ1) is 18.4. The summed E-state index contributed by atoms with van der Waals surface area (Å²) in [6.07, 6.45) is 3.44. The third kappa shape index (κ3) is 4.42. The number of nitrogens with zero attached hydrogens (tertiary/aromatic N) is 1. The van der Waals surface area contributed by atoms with Gasteiger partial charge in [0.25, 0.3) is 0 Å². The molecular weight excluding hydrogens is 332 g/mol. The van der Waals surface area contributed by atoms with E-state index < -0.39 is 0 Å². The lowest BCUT2D eigenvalue weighted by molar-refractivity contribution is -0.144. The molecule has 1 N–H and O–H groups in total. The van der Waals surface area contributed by atoms with Gasteiger partial charge < -0.3 is 9.64 Å². The first-order chi connectivity index (χ1) is 12.6. The molecule has 0 bridgehead atoms. The van der Waals surface area contributed by atoms with Crippen molar-refractivity contribution in [1.29, 1.82) is 0 Å². The highest BCUT2D eigenvalue weighted by molar-refractivity contribution is 6.00. The average molecular weight is 358 g/mol. The Morgan fingerprint density at radius 2 is 1.85 bits per heavy atom. The number of esters is 1. The highest BCUT2D eigenvalue weighted by Gasteiger charge is 2.28. The van der Waals surface area contributed by atoms with Crippen molar-refractivity contribution in [2.75, 3.05) is 24.6 Å². The largest absolute Gasteiger partial charge is 0.466 e. The number of nitrogens with one attached hydrogen (secondary N) is 1. The van der Waals surface area contributed by atoms with Crippen LogP contribution in [0.4, 0.5) is 5.69 Å². The maximum atomic E-state index is 12.0. The van der Waals surface area contributed by atoms with Gasteiger partial charge in [-0.2, -0.15) is 0 Å². The minimum atomic E-state index is -0.239. The standard InChI is InChI=1S/C20H26N2O4/c1-2-26-19(24)13-14-9-11-22(12-10-14)16-5-3-15(4-6-16)17-7-8-18(23)21-20(17)25/h3-6,14,17H,2,7-13H2,1H3,(H,21,23,25). The molecule has 2 fully saturated rings. The molecule has 0 saturated carbocycles. The first-order valence-corrected chi connectivity index (χ1v) is 9.41. The zero-order valence-electron chi connectivity index (χ0n) is 15.2. The van der Waals surface area contributed by atoms with E-state index in [1.807, 2.05) is 31.2 Å². The van der Waals surface area contributed by atoms with E-state index in [1.54, 1.807) is 0 Å². The summed E-state index contributed by atoms with van der Waals surface area (Å²) >= 11 is 0. The van der Waals surface area contributed by atoms with Gasteiger partial charge in [-0.1, -0.05) is 12.1 Å². The number of imide groups is 1. The minimum Gasteiger partial charge on any atom is -0.466 e. The smallest absolute Gasteiger partial charge is 0.306 e. The van der Waals surface area contributed by atoms with Gasteiger partial charge in [0.2, 0.25) is 11.8 Å². The Bertz CT molecular complexity index is 663. The van der Waals surface area contributed by atoms with E-state index in [4.69, 9.17) is 4.74 Å². The molecule has 2 amide bonds. The van der Waals surface area contributed by atoms with Crippen molar-refractivity contribution in [1.82, 2.24) is 5.32 Å². The molecule has 0 spiro atoms. The number of benzene rings is 1. The summed E-state index contributed by atoms with van der Waals surface area (Å²) in [6, 6.07) is 8.07. The van der Waals surface area contributed by atoms with Crippen LogP contribution in [0, 0.1) is 5.92 Å². The van der Waals surface area contributed by atoms with Gasteiger partial charge in [0, 0.05) is 31.6 Å². The van der Waals surface area contributed by atoms with Gasteiger partial charge in [-0.25, -0.2) is 0 Å². The van der Waals surface area contributed by atoms with Crippen LogP contribution in [0.15, 0.2) is 24.3 Å². The van der Waals surface area contributed by atoms with E-state index in [0.29, 0.717) is 31.8 Å². The van der Waals surface area contributed by atoms with Crippen LogP contribution in [0.25, 0.3) is 0 Å². The molecule has 0 aliphatic carbocycles. The summed E-state index contributed by atoms with van der Waals surface area (Å²) in [5, 5.41) is 2.41. The van der Waals surface area contributed by atoms with Gasteiger partial charge in [-0.3, -0.25) is 19.7 Å². The Labute approximate surface area is 153 Å². The third-order valence-corrected chi connectivity index (χ3v) is 5.27. The van der Waals surface area contributed by atoms with Gasteiger partial charge >= 0.3 is 5.97 Å². The number of hydrogen-bond acceptors (Lipinski definition) is 5.